The molecule has 0 spiro atoms. The predicted molar refractivity (Wildman–Crippen MR) is 62.9 cm³/mol. The Morgan fingerprint density at radius 1 is 1.39 bits per heavy atom. The molecule has 0 saturated heterocycles. The van der Waals surface area contributed by atoms with Crippen LogP contribution in [0.25, 0.3) is 0 Å². The first-order valence-corrected chi connectivity index (χ1v) is 5.51. The minimum absolute atomic E-state index is 0.0316. The number of urea groups is 1. The SMILES string of the molecule is COCCCNC(=O)NC(CCC(N)=O)C(=O)O. The second-order valence-corrected chi connectivity index (χ2v) is 3.64. The first-order chi connectivity index (χ1) is 8.47. The minimum Gasteiger partial charge on any atom is -0.480 e. The molecule has 0 aliphatic heterocycles. The number of primary amides is 1. The lowest BCUT2D eigenvalue weighted by atomic mass is 10.1. The van der Waals surface area contributed by atoms with E-state index < -0.39 is 23.9 Å². The summed E-state index contributed by atoms with van der Waals surface area (Å²) in [5, 5.41) is 13.6. The third-order valence-corrected chi connectivity index (χ3v) is 2.09. The Bertz CT molecular complexity index is 295. The van der Waals surface area contributed by atoms with E-state index in [1.54, 1.807) is 7.11 Å². The molecule has 0 aromatic heterocycles. The van der Waals surface area contributed by atoms with Gasteiger partial charge in [0.05, 0.1) is 0 Å². The smallest absolute Gasteiger partial charge is 0.326 e. The molecule has 0 rings (SSSR count). The van der Waals surface area contributed by atoms with Crippen molar-refractivity contribution in [1.82, 2.24) is 10.6 Å². The summed E-state index contributed by atoms with van der Waals surface area (Å²) in [6, 6.07) is -1.72. The van der Waals surface area contributed by atoms with E-state index in [4.69, 9.17) is 15.6 Å². The fraction of sp³-hybridized carbons (Fsp3) is 0.700. The number of carbonyl (C=O) groups excluding carboxylic acids is 2. The zero-order valence-corrected chi connectivity index (χ0v) is 10.3. The van der Waals surface area contributed by atoms with Gasteiger partial charge in [-0.15, -0.1) is 0 Å². The maximum atomic E-state index is 11.3. The fourth-order valence-corrected chi connectivity index (χ4v) is 1.17. The van der Waals surface area contributed by atoms with Crippen LogP contribution in [-0.2, 0) is 14.3 Å². The van der Waals surface area contributed by atoms with Crippen molar-refractivity contribution < 1.29 is 24.2 Å². The number of carboxylic acids is 1. The lowest BCUT2D eigenvalue weighted by molar-refractivity contribution is -0.139. The molecule has 0 aromatic carbocycles. The molecule has 3 amide bonds. The average Bonchev–Trinajstić information content (AvgIpc) is 2.29. The average molecular weight is 261 g/mol. The number of rotatable bonds is 9. The highest BCUT2D eigenvalue weighted by molar-refractivity contribution is 5.83. The third-order valence-electron chi connectivity index (χ3n) is 2.09. The van der Waals surface area contributed by atoms with Gasteiger partial charge in [-0.3, -0.25) is 4.79 Å². The van der Waals surface area contributed by atoms with Crippen LogP contribution in [0.5, 0.6) is 0 Å². The quantitative estimate of drug-likeness (QED) is 0.397. The van der Waals surface area contributed by atoms with Crippen molar-refractivity contribution in [3.63, 3.8) is 0 Å². The number of hydrogen-bond donors (Lipinski definition) is 4. The molecular formula is C10H19N3O5. The van der Waals surface area contributed by atoms with Gasteiger partial charge in [0.15, 0.2) is 0 Å². The number of amides is 3. The number of carbonyl (C=O) groups is 3. The van der Waals surface area contributed by atoms with Gasteiger partial charge < -0.3 is 26.2 Å². The van der Waals surface area contributed by atoms with Gasteiger partial charge in [-0.05, 0) is 12.8 Å². The molecule has 0 heterocycles. The molecule has 0 aliphatic rings. The molecule has 1 unspecified atom stereocenters. The summed E-state index contributed by atoms with van der Waals surface area (Å²) in [4.78, 5) is 32.7. The Hall–Kier alpha value is -1.83. The van der Waals surface area contributed by atoms with E-state index in [0.717, 1.165) is 0 Å². The zero-order chi connectivity index (χ0) is 14.0. The predicted octanol–water partition coefficient (Wildman–Crippen LogP) is -0.959. The van der Waals surface area contributed by atoms with Crippen LogP contribution in [0.2, 0.25) is 0 Å². The molecule has 0 radical (unpaired) electrons. The molecule has 0 bridgehead atoms. The standard InChI is InChI=1S/C10H19N3O5/c1-18-6-2-5-12-10(17)13-7(9(15)16)3-4-8(11)14/h7H,2-6H2,1H3,(H2,11,14)(H,15,16)(H2,12,13,17). The summed E-state index contributed by atoms with van der Waals surface area (Å²) < 4.78 is 4.79. The highest BCUT2D eigenvalue weighted by Crippen LogP contribution is 1.97. The van der Waals surface area contributed by atoms with Crippen molar-refractivity contribution in [2.75, 3.05) is 20.3 Å². The van der Waals surface area contributed by atoms with Gasteiger partial charge in [0, 0.05) is 26.7 Å². The lowest BCUT2D eigenvalue weighted by Gasteiger charge is -2.14. The lowest BCUT2D eigenvalue weighted by Crippen LogP contribution is -2.46. The van der Waals surface area contributed by atoms with Crippen LogP contribution >= 0.6 is 0 Å². The monoisotopic (exact) mass is 261 g/mol. The summed E-state index contributed by atoms with van der Waals surface area (Å²) in [5.74, 6) is -1.81. The summed E-state index contributed by atoms with van der Waals surface area (Å²) in [6.45, 7) is 0.881. The van der Waals surface area contributed by atoms with Gasteiger partial charge in [-0.25, -0.2) is 9.59 Å². The van der Waals surface area contributed by atoms with E-state index in [2.05, 4.69) is 10.6 Å². The molecule has 0 fully saturated rings. The van der Waals surface area contributed by atoms with E-state index in [-0.39, 0.29) is 12.8 Å². The number of ether oxygens (including phenoxy) is 1. The Balaban J connectivity index is 3.96. The second-order valence-electron chi connectivity index (χ2n) is 3.64. The topological polar surface area (TPSA) is 131 Å². The van der Waals surface area contributed by atoms with Crippen LogP contribution in [0.15, 0.2) is 0 Å². The Kier molecular flexibility index (Phi) is 8.29. The Labute approximate surface area is 105 Å². The first-order valence-electron chi connectivity index (χ1n) is 5.51. The van der Waals surface area contributed by atoms with Gasteiger partial charge in [0.2, 0.25) is 5.91 Å². The first kappa shape index (κ1) is 16.2. The highest BCUT2D eigenvalue weighted by atomic mass is 16.5. The van der Waals surface area contributed by atoms with Gasteiger partial charge in [-0.2, -0.15) is 0 Å². The molecule has 5 N–H and O–H groups in total. The van der Waals surface area contributed by atoms with Crippen LogP contribution in [0, 0.1) is 0 Å². The summed E-state index contributed by atoms with van der Waals surface area (Å²) in [6.07, 6.45) is 0.500. The number of aliphatic carboxylic acids is 1. The van der Waals surface area contributed by atoms with Crippen molar-refractivity contribution in [1.29, 1.82) is 0 Å². The summed E-state index contributed by atoms with van der Waals surface area (Å²) in [5.41, 5.74) is 4.91. The van der Waals surface area contributed by atoms with Crippen LogP contribution in [0.1, 0.15) is 19.3 Å². The van der Waals surface area contributed by atoms with Gasteiger partial charge in [-0.1, -0.05) is 0 Å². The van der Waals surface area contributed by atoms with Crippen molar-refractivity contribution in [3.8, 4) is 0 Å². The normalized spacial score (nSPS) is 11.6. The van der Waals surface area contributed by atoms with Crippen molar-refractivity contribution in [2.45, 2.75) is 25.3 Å². The highest BCUT2D eigenvalue weighted by Gasteiger charge is 2.20. The second kappa shape index (κ2) is 9.23. The largest absolute Gasteiger partial charge is 0.480 e. The number of hydrogen-bond acceptors (Lipinski definition) is 4. The van der Waals surface area contributed by atoms with E-state index in [9.17, 15) is 14.4 Å². The maximum Gasteiger partial charge on any atom is 0.326 e. The summed E-state index contributed by atoms with van der Waals surface area (Å²) >= 11 is 0. The third kappa shape index (κ3) is 8.34. The zero-order valence-electron chi connectivity index (χ0n) is 10.3. The van der Waals surface area contributed by atoms with Crippen molar-refractivity contribution >= 4 is 17.9 Å². The molecule has 8 nitrogen and oxygen atoms in total. The number of carboxylic acid groups (broad SMARTS) is 1. The van der Waals surface area contributed by atoms with Gasteiger partial charge >= 0.3 is 12.0 Å². The van der Waals surface area contributed by atoms with Crippen LogP contribution < -0.4 is 16.4 Å². The minimum atomic E-state index is -1.21. The van der Waals surface area contributed by atoms with E-state index in [1.807, 2.05) is 0 Å². The molecule has 1 atom stereocenters. The van der Waals surface area contributed by atoms with Crippen molar-refractivity contribution in [3.05, 3.63) is 0 Å². The Morgan fingerprint density at radius 3 is 2.56 bits per heavy atom. The molecule has 0 saturated carbocycles. The number of nitrogens with one attached hydrogen (secondary N) is 2. The van der Waals surface area contributed by atoms with E-state index >= 15 is 0 Å². The van der Waals surface area contributed by atoms with Gasteiger partial charge in [0.25, 0.3) is 0 Å². The molecule has 0 aromatic rings. The molecular weight excluding hydrogens is 242 g/mol. The number of methoxy groups -OCH3 is 1. The van der Waals surface area contributed by atoms with Crippen molar-refractivity contribution in [2.24, 2.45) is 5.73 Å². The van der Waals surface area contributed by atoms with E-state index in [1.165, 1.54) is 0 Å². The molecule has 18 heavy (non-hydrogen) atoms. The molecule has 0 aliphatic carbocycles. The van der Waals surface area contributed by atoms with Crippen LogP contribution in [0.3, 0.4) is 0 Å². The maximum absolute atomic E-state index is 11.3. The Morgan fingerprint density at radius 2 is 2.06 bits per heavy atom. The van der Waals surface area contributed by atoms with Crippen LogP contribution in [0.4, 0.5) is 4.79 Å². The number of nitrogens with two attached hydrogens (primary N) is 1. The fourth-order valence-electron chi connectivity index (χ4n) is 1.17. The van der Waals surface area contributed by atoms with Gasteiger partial charge in [0.1, 0.15) is 6.04 Å². The van der Waals surface area contributed by atoms with E-state index in [0.29, 0.717) is 19.6 Å². The molecule has 8 heteroatoms. The van der Waals surface area contributed by atoms with Crippen LogP contribution in [-0.4, -0.2) is 49.3 Å². The molecule has 104 valence electrons. The summed E-state index contributed by atoms with van der Waals surface area (Å²) in [7, 11) is 1.55.